The number of hydrogen-bond acceptors (Lipinski definition) is 5. The number of carbonyl (C=O) groups excluding carboxylic acids is 1. The van der Waals surface area contributed by atoms with E-state index in [-0.39, 0.29) is 18.9 Å². The molecule has 1 amide bonds. The number of halogens is 1. The Hall–Kier alpha value is -1.80. The predicted molar refractivity (Wildman–Crippen MR) is 85.1 cm³/mol. The van der Waals surface area contributed by atoms with Gasteiger partial charge in [-0.2, -0.15) is 0 Å². The number of benzene rings is 1. The minimum absolute atomic E-state index is 0.126. The van der Waals surface area contributed by atoms with Gasteiger partial charge in [-0.15, -0.1) is 0 Å². The van der Waals surface area contributed by atoms with Gasteiger partial charge in [-0.3, -0.25) is 9.59 Å². The molecule has 1 aromatic rings. The molecular formula is C15H18BrNO6. The van der Waals surface area contributed by atoms with Crippen molar-refractivity contribution in [1.82, 2.24) is 4.90 Å². The molecule has 0 saturated carbocycles. The van der Waals surface area contributed by atoms with Crippen molar-refractivity contribution in [3.8, 4) is 11.5 Å². The van der Waals surface area contributed by atoms with E-state index in [4.69, 9.17) is 19.3 Å². The minimum Gasteiger partial charge on any atom is -0.493 e. The lowest BCUT2D eigenvalue weighted by Gasteiger charge is -2.32. The second-order valence-electron chi connectivity index (χ2n) is 5.04. The van der Waals surface area contributed by atoms with Crippen LogP contribution in [0.15, 0.2) is 16.6 Å². The molecule has 0 radical (unpaired) electrons. The molecule has 23 heavy (non-hydrogen) atoms. The van der Waals surface area contributed by atoms with E-state index in [0.717, 1.165) is 0 Å². The normalized spacial score (nSPS) is 17.7. The second-order valence-corrected chi connectivity index (χ2v) is 5.89. The fraction of sp³-hybridized carbons (Fsp3) is 0.467. The smallest absolute Gasteiger partial charge is 0.306 e. The first-order chi connectivity index (χ1) is 11.0. The van der Waals surface area contributed by atoms with Gasteiger partial charge in [0.05, 0.1) is 37.8 Å². The summed E-state index contributed by atoms with van der Waals surface area (Å²) in [6.45, 7) is 0.982. The van der Waals surface area contributed by atoms with Crippen molar-refractivity contribution in [3.05, 3.63) is 22.2 Å². The Bertz CT molecular complexity index is 606. The summed E-state index contributed by atoms with van der Waals surface area (Å²) in [5, 5.41) is 8.85. The molecule has 1 atom stereocenters. The van der Waals surface area contributed by atoms with Gasteiger partial charge in [0.1, 0.15) is 0 Å². The van der Waals surface area contributed by atoms with Crippen molar-refractivity contribution in [2.24, 2.45) is 0 Å². The Balaban J connectivity index is 2.19. The maximum Gasteiger partial charge on any atom is 0.306 e. The first-order valence-corrected chi connectivity index (χ1v) is 7.79. The number of ether oxygens (including phenoxy) is 3. The summed E-state index contributed by atoms with van der Waals surface area (Å²) in [6.07, 6.45) is -0.617. The predicted octanol–water partition coefficient (Wildman–Crippen LogP) is 1.78. The molecule has 0 aliphatic carbocycles. The molecule has 1 aromatic carbocycles. The third kappa shape index (κ3) is 4.14. The van der Waals surface area contributed by atoms with E-state index in [9.17, 15) is 9.59 Å². The molecular weight excluding hydrogens is 370 g/mol. The van der Waals surface area contributed by atoms with Crippen molar-refractivity contribution in [2.45, 2.75) is 12.5 Å². The summed E-state index contributed by atoms with van der Waals surface area (Å²) >= 11 is 3.36. The largest absolute Gasteiger partial charge is 0.493 e. The second kappa shape index (κ2) is 7.65. The van der Waals surface area contributed by atoms with Crippen LogP contribution >= 0.6 is 15.9 Å². The molecule has 2 rings (SSSR count). The maximum absolute atomic E-state index is 12.7. The van der Waals surface area contributed by atoms with Crippen LogP contribution in [0, 0.1) is 0 Å². The number of methoxy groups -OCH3 is 2. The van der Waals surface area contributed by atoms with Crippen LogP contribution in [0.25, 0.3) is 0 Å². The highest BCUT2D eigenvalue weighted by Crippen LogP contribution is 2.36. The van der Waals surface area contributed by atoms with E-state index in [1.807, 2.05) is 0 Å². The minimum atomic E-state index is -0.946. The first-order valence-electron chi connectivity index (χ1n) is 7.00. The van der Waals surface area contributed by atoms with Gasteiger partial charge < -0.3 is 24.2 Å². The molecule has 0 spiro atoms. The molecule has 1 heterocycles. The third-order valence-electron chi connectivity index (χ3n) is 3.51. The van der Waals surface area contributed by atoms with Gasteiger partial charge in [0.25, 0.3) is 5.91 Å². The first kappa shape index (κ1) is 17.6. The van der Waals surface area contributed by atoms with Gasteiger partial charge in [-0.05, 0) is 28.1 Å². The average molecular weight is 388 g/mol. The number of hydrogen-bond donors (Lipinski definition) is 1. The number of carboxylic acid groups (broad SMARTS) is 1. The molecule has 1 aliphatic heterocycles. The number of carboxylic acids is 1. The summed E-state index contributed by atoms with van der Waals surface area (Å²) in [7, 11) is 3.01. The topological polar surface area (TPSA) is 85.3 Å². The Morgan fingerprint density at radius 1 is 1.39 bits per heavy atom. The van der Waals surface area contributed by atoms with Crippen LogP contribution in [0.1, 0.15) is 16.8 Å². The Labute approximate surface area is 142 Å². The van der Waals surface area contributed by atoms with Crippen LogP contribution in [0.5, 0.6) is 11.5 Å². The highest BCUT2D eigenvalue weighted by Gasteiger charge is 2.27. The lowest BCUT2D eigenvalue weighted by Crippen LogP contribution is -2.46. The molecule has 1 unspecified atom stereocenters. The lowest BCUT2D eigenvalue weighted by atomic mass is 10.1. The van der Waals surface area contributed by atoms with E-state index in [1.54, 1.807) is 17.0 Å². The molecule has 1 N–H and O–H groups in total. The van der Waals surface area contributed by atoms with Crippen molar-refractivity contribution in [2.75, 3.05) is 33.9 Å². The standard InChI is InChI=1S/C15H18BrNO6/c1-21-12-6-9(5-11(16)14(12)22-2)15(20)17-3-4-23-10(8-17)7-13(18)19/h5-6,10H,3-4,7-8H2,1-2H3,(H,18,19). The number of nitrogens with zero attached hydrogens (tertiary/aromatic N) is 1. The van der Waals surface area contributed by atoms with Crippen molar-refractivity contribution in [3.63, 3.8) is 0 Å². The molecule has 1 aliphatic rings. The van der Waals surface area contributed by atoms with Crippen LogP contribution < -0.4 is 9.47 Å². The van der Waals surface area contributed by atoms with E-state index in [2.05, 4.69) is 15.9 Å². The Kier molecular flexibility index (Phi) is 5.84. The molecule has 8 heteroatoms. The van der Waals surface area contributed by atoms with Gasteiger partial charge in [0.2, 0.25) is 0 Å². The van der Waals surface area contributed by atoms with Crippen LogP contribution in [0.3, 0.4) is 0 Å². The van der Waals surface area contributed by atoms with Crippen LogP contribution in [0.2, 0.25) is 0 Å². The Morgan fingerprint density at radius 2 is 2.13 bits per heavy atom. The zero-order valence-electron chi connectivity index (χ0n) is 12.9. The fourth-order valence-electron chi connectivity index (χ4n) is 2.45. The summed E-state index contributed by atoms with van der Waals surface area (Å²) in [5.41, 5.74) is 0.436. The van der Waals surface area contributed by atoms with E-state index < -0.39 is 12.1 Å². The zero-order chi connectivity index (χ0) is 17.0. The van der Waals surface area contributed by atoms with E-state index in [1.165, 1.54) is 14.2 Å². The number of amides is 1. The van der Waals surface area contributed by atoms with Crippen molar-refractivity contribution < 1.29 is 28.9 Å². The molecule has 1 fully saturated rings. The quantitative estimate of drug-likeness (QED) is 0.828. The summed E-state index contributed by atoms with van der Waals surface area (Å²) < 4.78 is 16.5. The van der Waals surface area contributed by atoms with Gasteiger partial charge in [-0.1, -0.05) is 0 Å². The van der Waals surface area contributed by atoms with Gasteiger partial charge in [0, 0.05) is 18.7 Å². The number of carbonyl (C=O) groups is 2. The number of rotatable bonds is 5. The van der Waals surface area contributed by atoms with Gasteiger partial charge in [-0.25, -0.2) is 0 Å². The van der Waals surface area contributed by atoms with Crippen molar-refractivity contribution in [1.29, 1.82) is 0 Å². The fourth-order valence-corrected chi connectivity index (χ4v) is 3.05. The van der Waals surface area contributed by atoms with Crippen LogP contribution in [-0.4, -0.2) is 61.9 Å². The average Bonchev–Trinajstić information content (AvgIpc) is 2.52. The lowest BCUT2D eigenvalue weighted by molar-refractivity contribution is -0.141. The monoisotopic (exact) mass is 387 g/mol. The summed E-state index contributed by atoms with van der Waals surface area (Å²) in [5.74, 6) is -0.196. The van der Waals surface area contributed by atoms with Crippen LogP contribution in [-0.2, 0) is 9.53 Å². The van der Waals surface area contributed by atoms with Gasteiger partial charge >= 0.3 is 5.97 Å². The summed E-state index contributed by atoms with van der Waals surface area (Å²) in [6, 6.07) is 3.26. The van der Waals surface area contributed by atoms with E-state index >= 15 is 0 Å². The molecule has 126 valence electrons. The number of aliphatic carboxylic acids is 1. The zero-order valence-corrected chi connectivity index (χ0v) is 14.5. The van der Waals surface area contributed by atoms with Crippen molar-refractivity contribution >= 4 is 27.8 Å². The molecule has 1 saturated heterocycles. The maximum atomic E-state index is 12.7. The van der Waals surface area contributed by atoms with Crippen LogP contribution in [0.4, 0.5) is 0 Å². The Morgan fingerprint density at radius 3 is 2.74 bits per heavy atom. The molecule has 0 aromatic heterocycles. The highest BCUT2D eigenvalue weighted by molar-refractivity contribution is 9.10. The van der Waals surface area contributed by atoms with Gasteiger partial charge in [0.15, 0.2) is 11.5 Å². The number of morpholine rings is 1. The summed E-state index contributed by atoms with van der Waals surface area (Å²) in [4.78, 5) is 25.0. The third-order valence-corrected chi connectivity index (χ3v) is 4.10. The van der Waals surface area contributed by atoms with E-state index in [0.29, 0.717) is 34.7 Å². The highest BCUT2D eigenvalue weighted by atomic mass is 79.9. The molecule has 7 nitrogen and oxygen atoms in total. The molecule has 0 bridgehead atoms. The SMILES string of the molecule is COc1cc(C(=O)N2CCOC(CC(=O)O)C2)cc(Br)c1OC.